The first-order valence-electron chi connectivity index (χ1n) is 7.40. The van der Waals surface area contributed by atoms with Gasteiger partial charge in [0, 0.05) is 10.7 Å². The molecule has 3 rings (SSSR count). The average Bonchev–Trinajstić information content (AvgIpc) is 3.00. The van der Waals surface area contributed by atoms with Crippen molar-refractivity contribution in [2.75, 3.05) is 5.32 Å². The van der Waals surface area contributed by atoms with Crippen LogP contribution in [-0.2, 0) is 4.79 Å². The highest BCUT2D eigenvalue weighted by atomic mass is 35.5. The molecule has 5 nitrogen and oxygen atoms in total. The van der Waals surface area contributed by atoms with Crippen molar-refractivity contribution in [1.29, 1.82) is 0 Å². The first-order valence-corrected chi connectivity index (χ1v) is 8.51. The first kappa shape index (κ1) is 16.7. The lowest BCUT2D eigenvalue weighted by atomic mass is 10.1. The van der Waals surface area contributed by atoms with Crippen LogP contribution < -0.4 is 10.1 Å². The van der Waals surface area contributed by atoms with Crippen LogP contribution in [0.25, 0.3) is 11.0 Å². The number of aromatic nitrogens is 2. The van der Waals surface area contributed by atoms with Crippen LogP contribution in [0.1, 0.15) is 18.1 Å². The SMILES string of the molecule is Cc1cc(OC(C)C(=O)Nc2ccc3nsnc3c2)cc(C)c1Cl. The number of hydrogen-bond donors (Lipinski definition) is 1. The molecule has 1 N–H and O–H groups in total. The summed E-state index contributed by atoms with van der Waals surface area (Å²) in [6, 6.07) is 9.06. The van der Waals surface area contributed by atoms with E-state index in [1.54, 1.807) is 19.1 Å². The maximum Gasteiger partial charge on any atom is 0.265 e. The summed E-state index contributed by atoms with van der Waals surface area (Å²) in [6.45, 7) is 5.52. The monoisotopic (exact) mass is 361 g/mol. The lowest BCUT2D eigenvalue weighted by Gasteiger charge is -2.16. The maximum atomic E-state index is 12.3. The summed E-state index contributed by atoms with van der Waals surface area (Å²) in [6.07, 6.45) is -0.644. The zero-order valence-electron chi connectivity index (χ0n) is 13.5. The summed E-state index contributed by atoms with van der Waals surface area (Å²) in [5, 5.41) is 3.54. The Morgan fingerprint density at radius 1 is 1.17 bits per heavy atom. The van der Waals surface area contributed by atoms with E-state index in [2.05, 4.69) is 14.1 Å². The number of benzene rings is 2. The maximum absolute atomic E-state index is 12.3. The summed E-state index contributed by atoms with van der Waals surface area (Å²) in [4.78, 5) is 12.3. The van der Waals surface area contributed by atoms with Crippen molar-refractivity contribution in [2.45, 2.75) is 26.9 Å². The molecule has 1 aromatic heterocycles. The highest BCUT2D eigenvalue weighted by molar-refractivity contribution is 7.00. The lowest BCUT2D eigenvalue weighted by Crippen LogP contribution is -2.30. The molecule has 7 heteroatoms. The van der Waals surface area contributed by atoms with E-state index in [1.807, 2.05) is 32.0 Å². The number of carbonyl (C=O) groups is 1. The van der Waals surface area contributed by atoms with Gasteiger partial charge in [0.25, 0.3) is 5.91 Å². The molecule has 0 aliphatic rings. The molecule has 0 aliphatic heterocycles. The van der Waals surface area contributed by atoms with Gasteiger partial charge >= 0.3 is 0 Å². The fourth-order valence-corrected chi connectivity index (χ4v) is 2.96. The molecule has 2 aromatic carbocycles. The summed E-state index contributed by atoms with van der Waals surface area (Å²) in [7, 11) is 0. The average molecular weight is 362 g/mol. The van der Waals surface area contributed by atoms with Gasteiger partial charge in [-0.25, -0.2) is 0 Å². The molecule has 1 atom stereocenters. The molecule has 0 aliphatic carbocycles. The van der Waals surface area contributed by atoms with Crippen molar-refractivity contribution in [3.05, 3.63) is 46.5 Å². The number of nitrogens with one attached hydrogen (secondary N) is 1. The molecule has 1 unspecified atom stereocenters. The minimum absolute atomic E-state index is 0.234. The fourth-order valence-electron chi connectivity index (χ4n) is 2.34. The highest BCUT2D eigenvalue weighted by Crippen LogP contribution is 2.26. The quantitative estimate of drug-likeness (QED) is 0.749. The van der Waals surface area contributed by atoms with Gasteiger partial charge in [-0.1, -0.05) is 11.6 Å². The predicted octanol–water partition coefficient (Wildman–Crippen LogP) is 4.37. The van der Waals surface area contributed by atoms with Gasteiger partial charge in [0.05, 0.1) is 11.7 Å². The van der Waals surface area contributed by atoms with E-state index in [9.17, 15) is 4.79 Å². The third kappa shape index (κ3) is 3.49. The molecule has 0 saturated carbocycles. The van der Waals surface area contributed by atoms with Gasteiger partial charge in [0.1, 0.15) is 16.8 Å². The van der Waals surface area contributed by atoms with E-state index < -0.39 is 6.10 Å². The van der Waals surface area contributed by atoms with Crippen molar-refractivity contribution in [3.8, 4) is 5.75 Å². The Labute approximate surface area is 148 Å². The minimum atomic E-state index is -0.644. The van der Waals surface area contributed by atoms with Crippen molar-refractivity contribution in [2.24, 2.45) is 0 Å². The first-order chi connectivity index (χ1) is 11.4. The molecule has 0 radical (unpaired) electrons. The van der Waals surface area contributed by atoms with Crippen LogP contribution in [-0.4, -0.2) is 20.8 Å². The van der Waals surface area contributed by atoms with E-state index in [-0.39, 0.29) is 5.91 Å². The Kier molecular flexibility index (Phi) is 4.69. The number of rotatable bonds is 4. The Hall–Kier alpha value is -2.18. The van der Waals surface area contributed by atoms with Gasteiger partial charge in [0.2, 0.25) is 0 Å². The van der Waals surface area contributed by atoms with Gasteiger partial charge in [-0.15, -0.1) is 0 Å². The number of aryl methyl sites for hydroxylation is 2. The van der Waals surface area contributed by atoms with E-state index in [0.29, 0.717) is 16.5 Å². The van der Waals surface area contributed by atoms with Crippen molar-refractivity contribution in [3.63, 3.8) is 0 Å². The number of anilines is 1. The minimum Gasteiger partial charge on any atom is -0.481 e. The van der Waals surface area contributed by atoms with E-state index in [4.69, 9.17) is 16.3 Å². The second-order valence-electron chi connectivity index (χ2n) is 5.59. The smallest absolute Gasteiger partial charge is 0.265 e. The molecule has 124 valence electrons. The standard InChI is InChI=1S/C17H16ClN3O2S/c1-9-6-13(7-10(2)16(9)18)23-11(3)17(22)19-12-4-5-14-15(8-12)21-24-20-14/h4-8,11H,1-3H3,(H,19,22). The van der Waals surface area contributed by atoms with Crippen LogP contribution >= 0.6 is 23.3 Å². The molecule has 0 spiro atoms. The Morgan fingerprint density at radius 2 is 1.83 bits per heavy atom. The topological polar surface area (TPSA) is 64.1 Å². The molecule has 24 heavy (non-hydrogen) atoms. The Bertz CT molecular complexity index is 887. The van der Waals surface area contributed by atoms with Gasteiger partial charge in [-0.05, 0) is 62.2 Å². The number of ether oxygens (including phenoxy) is 1. The number of amides is 1. The summed E-state index contributed by atoms with van der Waals surface area (Å²) < 4.78 is 14.0. The number of carbonyl (C=O) groups excluding carboxylic acids is 1. The summed E-state index contributed by atoms with van der Waals surface area (Å²) in [5.74, 6) is 0.388. The zero-order valence-corrected chi connectivity index (χ0v) is 15.0. The number of halogens is 1. The van der Waals surface area contributed by atoms with Crippen LogP contribution in [0.2, 0.25) is 5.02 Å². The van der Waals surface area contributed by atoms with Crippen LogP contribution in [0, 0.1) is 13.8 Å². The van der Waals surface area contributed by atoms with Crippen molar-refractivity contribution >= 4 is 46.0 Å². The normalized spacial score (nSPS) is 12.2. The van der Waals surface area contributed by atoms with E-state index >= 15 is 0 Å². The van der Waals surface area contributed by atoms with E-state index in [1.165, 1.54) is 0 Å². The molecule has 1 amide bonds. The fraction of sp³-hybridized carbons (Fsp3) is 0.235. The van der Waals surface area contributed by atoms with Crippen molar-refractivity contribution in [1.82, 2.24) is 8.75 Å². The molecule has 3 aromatic rings. The largest absolute Gasteiger partial charge is 0.481 e. The molecular formula is C17H16ClN3O2S. The Morgan fingerprint density at radius 3 is 2.54 bits per heavy atom. The van der Waals surface area contributed by atoms with Gasteiger partial charge < -0.3 is 10.1 Å². The van der Waals surface area contributed by atoms with Crippen LogP contribution in [0.3, 0.4) is 0 Å². The second-order valence-corrected chi connectivity index (χ2v) is 6.49. The number of hydrogen-bond acceptors (Lipinski definition) is 5. The number of nitrogens with zero attached hydrogens (tertiary/aromatic N) is 2. The highest BCUT2D eigenvalue weighted by Gasteiger charge is 2.16. The van der Waals surface area contributed by atoms with Crippen LogP contribution in [0.4, 0.5) is 5.69 Å². The third-order valence-corrected chi connectivity index (χ3v) is 4.77. The second kappa shape index (κ2) is 6.75. The summed E-state index contributed by atoms with van der Waals surface area (Å²) in [5.41, 5.74) is 4.07. The molecule has 0 saturated heterocycles. The van der Waals surface area contributed by atoms with Gasteiger partial charge in [0.15, 0.2) is 6.10 Å². The van der Waals surface area contributed by atoms with Crippen LogP contribution in [0.15, 0.2) is 30.3 Å². The van der Waals surface area contributed by atoms with Gasteiger partial charge in [-0.3, -0.25) is 4.79 Å². The predicted molar refractivity (Wildman–Crippen MR) is 97.1 cm³/mol. The lowest BCUT2D eigenvalue weighted by molar-refractivity contribution is -0.122. The van der Waals surface area contributed by atoms with Gasteiger partial charge in [-0.2, -0.15) is 8.75 Å². The summed E-state index contributed by atoms with van der Waals surface area (Å²) >= 11 is 7.29. The molecular weight excluding hydrogens is 346 g/mol. The van der Waals surface area contributed by atoms with Crippen molar-refractivity contribution < 1.29 is 9.53 Å². The Balaban J connectivity index is 1.70. The molecule has 0 fully saturated rings. The molecule has 0 bridgehead atoms. The van der Waals surface area contributed by atoms with E-state index in [0.717, 1.165) is 33.9 Å². The molecule has 1 heterocycles. The van der Waals surface area contributed by atoms with Crippen LogP contribution in [0.5, 0.6) is 5.75 Å². The zero-order chi connectivity index (χ0) is 17.3. The third-order valence-electron chi connectivity index (χ3n) is 3.61. The number of fused-ring (bicyclic) bond motifs is 1.